The van der Waals surface area contributed by atoms with E-state index in [2.05, 4.69) is 34.6 Å². The van der Waals surface area contributed by atoms with Gasteiger partial charge in [0.25, 0.3) is 0 Å². The van der Waals surface area contributed by atoms with Gasteiger partial charge in [-0.2, -0.15) is 0 Å². The van der Waals surface area contributed by atoms with E-state index >= 15 is 0 Å². The molecule has 2 unspecified atom stereocenters. The molecular weight excluding hydrogens is 1290 g/mol. The summed E-state index contributed by atoms with van der Waals surface area (Å²) in [5, 5.41) is 10.6. The molecule has 0 aliphatic heterocycles. The van der Waals surface area contributed by atoms with Gasteiger partial charge in [0.15, 0.2) is 12.2 Å². The Bertz CT molecular complexity index is 1890. The van der Waals surface area contributed by atoms with Crippen LogP contribution < -0.4 is 0 Å². The van der Waals surface area contributed by atoms with Crippen LogP contribution in [-0.2, 0) is 65.4 Å². The minimum absolute atomic E-state index is 0.108. The van der Waals surface area contributed by atoms with Gasteiger partial charge in [-0.25, -0.2) is 9.13 Å². The number of aliphatic hydroxyl groups excluding tert-OH is 1. The third-order valence-corrected chi connectivity index (χ3v) is 20.7. The van der Waals surface area contributed by atoms with Gasteiger partial charge in [-0.3, -0.25) is 37.3 Å². The van der Waals surface area contributed by atoms with Gasteiger partial charge in [0.2, 0.25) is 0 Å². The molecule has 0 fully saturated rings. The molecule has 3 N–H and O–H groups in total. The van der Waals surface area contributed by atoms with Gasteiger partial charge < -0.3 is 33.8 Å². The summed E-state index contributed by atoms with van der Waals surface area (Å²) in [6.45, 7) is 7.30. The normalized spacial score (nSPS) is 13.9. The molecule has 0 bridgehead atoms. The van der Waals surface area contributed by atoms with Crippen molar-refractivity contribution in [2.45, 2.75) is 445 Å². The topological polar surface area (TPSA) is 237 Å². The van der Waals surface area contributed by atoms with Gasteiger partial charge in [0, 0.05) is 25.7 Å². The number of aliphatic hydroxyl groups is 1. The van der Waals surface area contributed by atoms with Crippen LogP contribution in [0.25, 0.3) is 0 Å². The number of phosphoric acid groups is 2. The van der Waals surface area contributed by atoms with E-state index in [1.807, 2.05) is 0 Å². The van der Waals surface area contributed by atoms with Crippen molar-refractivity contribution >= 4 is 39.5 Å². The molecule has 0 rings (SSSR count). The number of carbonyl (C=O) groups is 4. The van der Waals surface area contributed by atoms with E-state index < -0.39 is 97.5 Å². The monoisotopic (exact) mass is 1450 g/mol. The number of phosphoric ester groups is 2. The first-order chi connectivity index (χ1) is 48.0. The van der Waals surface area contributed by atoms with Crippen molar-refractivity contribution in [3.63, 3.8) is 0 Å². The van der Waals surface area contributed by atoms with Crippen LogP contribution in [0.2, 0.25) is 0 Å². The van der Waals surface area contributed by atoms with E-state index in [1.54, 1.807) is 0 Å². The van der Waals surface area contributed by atoms with Crippen molar-refractivity contribution in [1.82, 2.24) is 0 Å². The molecule has 0 aliphatic rings. The van der Waals surface area contributed by atoms with Crippen LogP contribution in [0.1, 0.15) is 426 Å². The maximum Gasteiger partial charge on any atom is 0.472 e. The average Bonchev–Trinajstić information content (AvgIpc) is 1.12. The highest BCUT2D eigenvalue weighted by Gasteiger charge is 2.30. The average molecular weight is 1450 g/mol. The summed E-state index contributed by atoms with van der Waals surface area (Å²) < 4.78 is 68.7. The highest BCUT2D eigenvalue weighted by molar-refractivity contribution is 7.47. The molecule has 17 nitrogen and oxygen atoms in total. The van der Waals surface area contributed by atoms with Crippen LogP contribution in [0.15, 0.2) is 0 Å². The first kappa shape index (κ1) is 97.1. The molecule has 0 amide bonds. The molecule has 5 atom stereocenters. The molecular formula is C80H156O17P2. The van der Waals surface area contributed by atoms with Gasteiger partial charge in [-0.05, 0) is 31.6 Å². The molecule has 0 aliphatic carbocycles. The second kappa shape index (κ2) is 73.0. The third-order valence-electron chi connectivity index (χ3n) is 18.8. The Balaban J connectivity index is 5.25. The number of unbranched alkanes of at least 4 members (excludes halogenated alkanes) is 52. The van der Waals surface area contributed by atoms with Crippen molar-refractivity contribution in [3.8, 4) is 0 Å². The Morgan fingerprint density at radius 3 is 0.687 bits per heavy atom. The Labute approximate surface area is 607 Å². The van der Waals surface area contributed by atoms with Gasteiger partial charge in [0.1, 0.15) is 19.3 Å². The Kier molecular flexibility index (Phi) is 71.6. The van der Waals surface area contributed by atoms with Crippen molar-refractivity contribution in [2.24, 2.45) is 5.92 Å². The minimum atomic E-state index is -4.96. The number of hydrogen-bond acceptors (Lipinski definition) is 15. The smallest absolute Gasteiger partial charge is 0.462 e. The summed E-state index contributed by atoms with van der Waals surface area (Å²) in [6, 6.07) is 0. The molecule has 0 saturated heterocycles. The zero-order valence-electron chi connectivity index (χ0n) is 64.6. The predicted octanol–water partition coefficient (Wildman–Crippen LogP) is 24.0. The number of rotatable bonds is 80. The number of ether oxygens (including phenoxy) is 4. The van der Waals surface area contributed by atoms with Gasteiger partial charge in [0.05, 0.1) is 26.4 Å². The molecule has 0 radical (unpaired) electrons. The highest BCUT2D eigenvalue weighted by Crippen LogP contribution is 2.45. The van der Waals surface area contributed by atoms with E-state index in [4.69, 9.17) is 37.0 Å². The predicted molar refractivity (Wildman–Crippen MR) is 405 cm³/mol. The van der Waals surface area contributed by atoms with Crippen molar-refractivity contribution in [2.75, 3.05) is 39.6 Å². The molecule has 0 heterocycles. The first-order valence-corrected chi connectivity index (χ1v) is 44.6. The summed E-state index contributed by atoms with van der Waals surface area (Å²) in [6.07, 6.45) is 63.8. The van der Waals surface area contributed by atoms with Gasteiger partial charge in [-0.15, -0.1) is 0 Å². The molecule has 0 spiro atoms. The molecule has 0 aromatic rings. The molecule has 19 heteroatoms. The zero-order valence-corrected chi connectivity index (χ0v) is 66.4. The van der Waals surface area contributed by atoms with E-state index in [9.17, 15) is 43.2 Å². The minimum Gasteiger partial charge on any atom is -0.462 e. The highest BCUT2D eigenvalue weighted by atomic mass is 31.2. The standard InChI is InChI=1S/C80H156O17P2/c1-6-9-12-15-18-21-24-27-30-32-34-37-39-42-48-53-58-63-77(82)90-69-75(96-80(85)66-61-56-51-44-41-38-35-33-31-28-25-22-19-16-13-10-7-2)71-94-98(86,87)92-67-74(81)68-93-99(88,89)95-72-76(70-91-78(83)64-59-54-49-46-45-47-52-57-62-73(4)5)97-79(84)65-60-55-50-43-40-36-29-26-23-20-17-14-11-8-3/h73-76,81H,6-72H2,1-5H3,(H,86,87)(H,88,89)/t74-,75-,76-/m1/s1. The lowest BCUT2D eigenvalue weighted by Gasteiger charge is -2.21. The second-order valence-corrected chi connectivity index (χ2v) is 32.2. The van der Waals surface area contributed by atoms with Crippen LogP contribution in [0, 0.1) is 5.92 Å². The Morgan fingerprint density at radius 2 is 0.465 bits per heavy atom. The number of esters is 4. The SMILES string of the molecule is CCCCCCCCCCCCCCCCCCCC(=O)OC[C@H](COP(=O)(O)OC[C@@H](O)COP(=O)(O)OC[C@@H](COC(=O)CCCCCCCCCCC(C)C)OC(=O)CCCCCCCCCCCCCCCC)OC(=O)CCCCCCCCCCCCCCCCCCC. The van der Waals surface area contributed by atoms with Crippen LogP contribution >= 0.6 is 15.6 Å². The van der Waals surface area contributed by atoms with E-state index in [0.717, 1.165) is 95.8 Å². The lowest BCUT2D eigenvalue weighted by molar-refractivity contribution is -0.161. The second-order valence-electron chi connectivity index (χ2n) is 29.3. The molecule has 0 aromatic heterocycles. The van der Waals surface area contributed by atoms with Crippen molar-refractivity contribution in [1.29, 1.82) is 0 Å². The molecule has 588 valence electrons. The molecule has 0 saturated carbocycles. The van der Waals surface area contributed by atoms with Gasteiger partial charge >= 0.3 is 39.5 Å². The zero-order chi connectivity index (χ0) is 72.7. The lowest BCUT2D eigenvalue weighted by Crippen LogP contribution is -2.30. The summed E-state index contributed by atoms with van der Waals surface area (Å²) >= 11 is 0. The summed E-state index contributed by atoms with van der Waals surface area (Å²) in [5.41, 5.74) is 0. The molecule has 99 heavy (non-hydrogen) atoms. The quantitative estimate of drug-likeness (QED) is 0.0222. The summed E-state index contributed by atoms with van der Waals surface area (Å²) in [7, 11) is -9.92. The summed E-state index contributed by atoms with van der Waals surface area (Å²) in [5.74, 6) is -1.38. The fourth-order valence-corrected chi connectivity index (χ4v) is 14.0. The Morgan fingerprint density at radius 1 is 0.273 bits per heavy atom. The summed E-state index contributed by atoms with van der Waals surface area (Å²) in [4.78, 5) is 73.0. The van der Waals surface area contributed by atoms with E-state index in [1.165, 1.54) is 250 Å². The van der Waals surface area contributed by atoms with Crippen LogP contribution in [0.3, 0.4) is 0 Å². The number of carbonyl (C=O) groups excluding carboxylic acids is 4. The maximum atomic E-state index is 13.1. The fourth-order valence-electron chi connectivity index (χ4n) is 12.4. The number of hydrogen-bond donors (Lipinski definition) is 3. The maximum absolute atomic E-state index is 13.1. The van der Waals surface area contributed by atoms with Crippen molar-refractivity contribution in [3.05, 3.63) is 0 Å². The van der Waals surface area contributed by atoms with Crippen LogP contribution in [0.5, 0.6) is 0 Å². The van der Waals surface area contributed by atoms with Crippen molar-refractivity contribution < 1.29 is 80.2 Å². The van der Waals surface area contributed by atoms with E-state index in [0.29, 0.717) is 25.7 Å². The van der Waals surface area contributed by atoms with E-state index in [-0.39, 0.29) is 25.7 Å². The van der Waals surface area contributed by atoms with Crippen LogP contribution in [-0.4, -0.2) is 96.7 Å². The first-order valence-electron chi connectivity index (χ1n) is 41.6. The van der Waals surface area contributed by atoms with Crippen LogP contribution in [0.4, 0.5) is 0 Å². The fraction of sp³-hybridized carbons (Fsp3) is 0.950. The van der Waals surface area contributed by atoms with Gasteiger partial charge in [-0.1, -0.05) is 375 Å². The Hall–Kier alpha value is -1.94. The molecule has 0 aromatic carbocycles. The third kappa shape index (κ3) is 74.1. The largest absolute Gasteiger partial charge is 0.472 e. The lowest BCUT2D eigenvalue weighted by atomic mass is 10.0.